The standard InChI is InChI=1S/C13H16O/c1-5-11-7-13-12(6-8(11)2)9(3)10(4)14-13/h6-7H,5H2,1-4H3. The van der Waals surface area contributed by atoms with Gasteiger partial charge in [0.15, 0.2) is 0 Å². The minimum absolute atomic E-state index is 1.03. The summed E-state index contributed by atoms with van der Waals surface area (Å²) < 4.78 is 5.70. The van der Waals surface area contributed by atoms with Crippen molar-refractivity contribution in [2.24, 2.45) is 0 Å². The minimum atomic E-state index is 1.03. The van der Waals surface area contributed by atoms with E-state index in [4.69, 9.17) is 4.42 Å². The van der Waals surface area contributed by atoms with E-state index in [1.165, 1.54) is 22.1 Å². The van der Waals surface area contributed by atoms with Gasteiger partial charge in [0.1, 0.15) is 11.3 Å². The summed E-state index contributed by atoms with van der Waals surface area (Å²) in [4.78, 5) is 0. The Morgan fingerprint density at radius 1 is 1.14 bits per heavy atom. The third kappa shape index (κ3) is 1.24. The second-order valence-electron chi connectivity index (χ2n) is 3.91. The SMILES string of the molecule is CCc1cc2oc(C)c(C)c2cc1C. The zero-order valence-corrected chi connectivity index (χ0v) is 9.27. The van der Waals surface area contributed by atoms with Gasteiger partial charge in [-0.2, -0.15) is 0 Å². The highest BCUT2D eigenvalue weighted by molar-refractivity contribution is 5.83. The maximum Gasteiger partial charge on any atom is 0.134 e. The van der Waals surface area contributed by atoms with E-state index >= 15 is 0 Å². The first-order valence-electron chi connectivity index (χ1n) is 5.12. The lowest BCUT2D eigenvalue weighted by Gasteiger charge is -2.01. The zero-order valence-electron chi connectivity index (χ0n) is 9.27. The summed E-state index contributed by atoms with van der Waals surface area (Å²) in [5, 5.41) is 1.26. The van der Waals surface area contributed by atoms with Crippen molar-refractivity contribution in [3.8, 4) is 0 Å². The third-order valence-corrected chi connectivity index (χ3v) is 3.01. The highest BCUT2D eigenvalue weighted by Gasteiger charge is 2.08. The van der Waals surface area contributed by atoms with Gasteiger partial charge in [-0.05, 0) is 56.0 Å². The zero-order chi connectivity index (χ0) is 10.3. The van der Waals surface area contributed by atoms with Crippen LogP contribution in [-0.4, -0.2) is 0 Å². The van der Waals surface area contributed by atoms with Crippen LogP contribution in [0, 0.1) is 20.8 Å². The van der Waals surface area contributed by atoms with Crippen molar-refractivity contribution in [2.75, 3.05) is 0 Å². The molecule has 1 nitrogen and oxygen atoms in total. The molecule has 1 heteroatoms. The fourth-order valence-corrected chi connectivity index (χ4v) is 1.92. The molecule has 74 valence electrons. The highest BCUT2D eigenvalue weighted by atomic mass is 16.3. The molecular weight excluding hydrogens is 172 g/mol. The van der Waals surface area contributed by atoms with E-state index in [9.17, 15) is 0 Å². The lowest BCUT2D eigenvalue weighted by atomic mass is 10.0. The van der Waals surface area contributed by atoms with Crippen LogP contribution in [-0.2, 0) is 6.42 Å². The summed E-state index contributed by atoms with van der Waals surface area (Å²) in [7, 11) is 0. The number of aryl methyl sites for hydroxylation is 4. The Labute approximate surface area is 84.7 Å². The fourth-order valence-electron chi connectivity index (χ4n) is 1.92. The molecule has 0 radical (unpaired) electrons. The maximum atomic E-state index is 5.70. The van der Waals surface area contributed by atoms with E-state index < -0.39 is 0 Å². The van der Waals surface area contributed by atoms with E-state index in [-0.39, 0.29) is 0 Å². The number of fused-ring (bicyclic) bond motifs is 1. The predicted octanol–water partition coefficient (Wildman–Crippen LogP) is 3.92. The molecule has 0 unspecified atom stereocenters. The van der Waals surface area contributed by atoms with Crippen LogP contribution < -0.4 is 0 Å². The molecule has 0 aliphatic rings. The molecule has 1 heterocycles. The van der Waals surface area contributed by atoms with Crippen molar-refractivity contribution in [3.05, 3.63) is 34.6 Å². The lowest BCUT2D eigenvalue weighted by Crippen LogP contribution is -1.85. The van der Waals surface area contributed by atoms with Crippen molar-refractivity contribution in [1.29, 1.82) is 0 Å². The van der Waals surface area contributed by atoms with Crippen molar-refractivity contribution in [1.82, 2.24) is 0 Å². The van der Waals surface area contributed by atoms with Gasteiger partial charge >= 0.3 is 0 Å². The molecule has 0 amide bonds. The molecule has 2 aromatic rings. The van der Waals surface area contributed by atoms with Gasteiger partial charge in [-0.25, -0.2) is 0 Å². The average molecular weight is 188 g/mol. The normalized spacial score (nSPS) is 11.1. The number of benzene rings is 1. The molecule has 2 rings (SSSR count). The van der Waals surface area contributed by atoms with Gasteiger partial charge < -0.3 is 4.42 Å². The first kappa shape index (κ1) is 9.32. The molecule has 0 N–H and O–H groups in total. The van der Waals surface area contributed by atoms with Crippen molar-refractivity contribution >= 4 is 11.0 Å². The van der Waals surface area contributed by atoms with Crippen LogP contribution in [0.25, 0.3) is 11.0 Å². The van der Waals surface area contributed by atoms with E-state index in [0.29, 0.717) is 0 Å². The Kier molecular flexibility index (Phi) is 2.10. The summed E-state index contributed by atoms with van der Waals surface area (Å²) in [5.74, 6) is 1.03. The van der Waals surface area contributed by atoms with Crippen LogP contribution in [0.4, 0.5) is 0 Å². The molecule has 0 aliphatic heterocycles. The first-order chi connectivity index (χ1) is 6.63. The summed E-state index contributed by atoms with van der Waals surface area (Å²) in [5.41, 5.74) is 5.04. The van der Waals surface area contributed by atoms with Crippen LogP contribution in [0.2, 0.25) is 0 Å². The molecule has 0 aliphatic carbocycles. The van der Waals surface area contributed by atoms with Gasteiger partial charge in [0.2, 0.25) is 0 Å². The average Bonchev–Trinajstić information content (AvgIpc) is 2.43. The van der Waals surface area contributed by atoms with Crippen molar-refractivity contribution < 1.29 is 4.42 Å². The number of hydrogen-bond donors (Lipinski definition) is 0. The summed E-state index contributed by atoms with van der Waals surface area (Å²) in [6.45, 7) is 8.49. The molecular formula is C13H16O. The van der Waals surface area contributed by atoms with Crippen LogP contribution in [0.1, 0.15) is 29.4 Å². The molecule has 0 saturated heterocycles. The summed E-state index contributed by atoms with van der Waals surface area (Å²) in [6.07, 6.45) is 1.07. The number of hydrogen-bond acceptors (Lipinski definition) is 1. The van der Waals surface area contributed by atoms with Crippen LogP contribution in [0.3, 0.4) is 0 Å². The minimum Gasteiger partial charge on any atom is -0.461 e. The van der Waals surface area contributed by atoms with Gasteiger partial charge in [0.05, 0.1) is 0 Å². The fraction of sp³-hybridized carbons (Fsp3) is 0.385. The van der Waals surface area contributed by atoms with Gasteiger partial charge in [0.25, 0.3) is 0 Å². The molecule has 0 atom stereocenters. The van der Waals surface area contributed by atoms with Crippen LogP contribution >= 0.6 is 0 Å². The van der Waals surface area contributed by atoms with E-state index in [2.05, 4.69) is 32.9 Å². The first-order valence-corrected chi connectivity index (χ1v) is 5.12. The highest BCUT2D eigenvalue weighted by Crippen LogP contribution is 2.27. The third-order valence-electron chi connectivity index (χ3n) is 3.01. The Balaban J connectivity index is 2.79. The summed E-state index contributed by atoms with van der Waals surface area (Å²) in [6, 6.07) is 4.41. The Morgan fingerprint density at radius 2 is 1.86 bits per heavy atom. The van der Waals surface area contributed by atoms with Gasteiger partial charge in [-0.3, -0.25) is 0 Å². The molecule has 14 heavy (non-hydrogen) atoms. The van der Waals surface area contributed by atoms with Crippen LogP contribution in [0.5, 0.6) is 0 Å². The molecule has 0 spiro atoms. The Morgan fingerprint density at radius 3 is 2.50 bits per heavy atom. The Hall–Kier alpha value is -1.24. The van der Waals surface area contributed by atoms with Crippen molar-refractivity contribution in [2.45, 2.75) is 34.1 Å². The van der Waals surface area contributed by atoms with Gasteiger partial charge in [-0.1, -0.05) is 6.92 Å². The largest absolute Gasteiger partial charge is 0.461 e. The molecule has 1 aromatic carbocycles. The van der Waals surface area contributed by atoms with Crippen LogP contribution in [0.15, 0.2) is 16.5 Å². The predicted molar refractivity (Wildman–Crippen MR) is 59.8 cm³/mol. The second kappa shape index (κ2) is 3.16. The molecule has 0 fully saturated rings. The number of furan rings is 1. The topological polar surface area (TPSA) is 13.1 Å². The Bertz CT molecular complexity index is 477. The molecule has 1 aromatic heterocycles. The monoisotopic (exact) mass is 188 g/mol. The molecule has 0 bridgehead atoms. The number of rotatable bonds is 1. The quantitative estimate of drug-likeness (QED) is 0.661. The van der Waals surface area contributed by atoms with Gasteiger partial charge in [-0.15, -0.1) is 0 Å². The molecule has 0 saturated carbocycles. The van der Waals surface area contributed by atoms with E-state index in [1.54, 1.807) is 0 Å². The summed E-state index contributed by atoms with van der Waals surface area (Å²) >= 11 is 0. The smallest absolute Gasteiger partial charge is 0.134 e. The maximum absolute atomic E-state index is 5.70. The second-order valence-corrected chi connectivity index (χ2v) is 3.91. The van der Waals surface area contributed by atoms with Gasteiger partial charge in [0, 0.05) is 5.39 Å². The van der Waals surface area contributed by atoms with E-state index in [1.807, 2.05) is 6.92 Å². The van der Waals surface area contributed by atoms with E-state index in [0.717, 1.165) is 17.8 Å². The van der Waals surface area contributed by atoms with Crippen molar-refractivity contribution in [3.63, 3.8) is 0 Å². The lowest BCUT2D eigenvalue weighted by molar-refractivity contribution is 0.574.